The van der Waals surface area contributed by atoms with Gasteiger partial charge in [0.05, 0.1) is 17.1 Å². The number of H-pyrrole nitrogens is 1. The van der Waals surface area contributed by atoms with Crippen LogP contribution in [0.3, 0.4) is 0 Å². The minimum Gasteiger partial charge on any atom is -0.340 e. The predicted molar refractivity (Wildman–Crippen MR) is 95.9 cm³/mol. The smallest absolute Gasteiger partial charge is 0.223 e. The van der Waals surface area contributed by atoms with Crippen molar-refractivity contribution in [2.75, 3.05) is 6.54 Å². The summed E-state index contributed by atoms with van der Waals surface area (Å²) in [5.41, 5.74) is 1.41. The van der Waals surface area contributed by atoms with Crippen molar-refractivity contribution in [3.05, 3.63) is 48.1 Å². The minimum atomic E-state index is -0.290. The Bertz CT molecular complexity index is 931. The van der Waals surface area contributed by atoms with E-state index in [0.717, 1.165) is 49.5 Å². The van der Waals surface area contributed by atoms with Crippen LogP contribution in [0, 0.1) is 12.7 Å². The van der Waals surface area contributed by atoms with Crippen molar-refractivity contribution in [1.82, 2.24) is 24.4 Å². The van der Waals surface area contributed by atoms with Crippen LogP contribution in [-0.4, -0.2) is 36.9 Å². The first kappa shape index (κ1) is 16.8. The molecule has 1 amide bonds. The van der Waals surface area contributed by atoms with Crippen molar-refractivity contribution < 1.29 is 9.18 Å². The average Bonchev–Trinajstić information content (AvgIpc) is 3.33. The number of nitrogens with zero attached hydrogens (tertiary/aromatic N) is 4. The summed E-state index contributed by atoms with van der Waals surface area (Å²) in [5, 5.41) is 0. The lowest BCUT2D eigenvalue weighted by molar-refractivity contribution is -0.132. The number of aromatic nitrogens is 4. The topological polar surface area (TPSA) is 66.8 Å². The molecule has 4 rings (SSSR count). The van der Waals surface area contributed by atoms with Crippen LogP contribution in [0.15, 0.2) is 30.6 Å². The molecule has 0 spiro atoms. The molecule has 0 radical (unpaired) electrons. The summed E-state index contributed by atoms with van der Waals surface area (Å²) in [4.78, 5) is 26.6. The first-order valence-corrected chi connectivity index (χ1v) is 9.04. The van der Waals surface area contributed by atoms with Gasteiger partial charge in [-0.1, -0.05) is 0 Å². The summed E-state index contributed by atoms with van der Waals surface area (Å²) in [6.45, 7) is 3.50. The lowest BCUT2D eigenvalue weighted by Gasteiger charge is -2.23. The van der Waals surface area contributed by atoms with Crippen LogP contribution in [-0.2, 0) is 11.3 Å². The van der Waals surface area contributed by atoms with Gasteiger partial charge in [0, 0.05) is 31.9 Å². The Morgan fingerprint density at radius 2 is 2.31 bits per heavy atom. The van der Waals surface area contributed by atoms with Gasteiger partial charge in [0.15, 0.2) is 0 Å². The van der Waals surface area contributed by atoms with E-state index in [1.54, 1.807) is 12.3 Å². The second-order valence-electron chi connectivity index (χ2n) is 6.80. The number of aromatic amines is 1. The molecule has 0 bridgehead atoms. The van der Waals surface area contributed by atoms with Crippen LogP contribution in [0.25, 0.3) is 11.0 Å². The number of benzene rings is 1. The third-order valence-corrected chi connectivity index (χ3v) is 5.06. The first-order valence-electron chi connectivity index (χ1n) is 9.04. The number of halogens is 1. The van der Waals surface area contributed by atoms with Crippen LogP contribution in [0.2, 0.25) is 0 Å². The fourth-order valence-electron chi connectivity index (χ4n) is 3.69. The number of amides is 1. The van der Waals surface area contributed by atoms with E-state index in [2.05, 4.69) is 19.5 Å². The van der Waals surface area contributed by atoms with Gasteiger partial charge in [0.2, 0.25) is 5.91 Å². The summed E-state index contributed by atoms with van der Waals surface area (Å²) in [6, 6.07) is 4.47. The molecule has 6 nitrogen and oxygen atoms in total. The number of likely N-dealkylation sites (tertiary alicyclic amines) is 1. The highest BCUT2D eigenvalue weighted by Crippen LogP contribution is 2.32. The van der Waals surface area contributed by atoms with Crippen molar-refractivity contribution in [2.24, 2.45) is 0 Å². The molecule has 3 aromatic rings. The molecule has 7 heteroatoms. The van der Waals surface area contributed by atoms with Gasteiger partial charge in [-0.05, 0) is 44.4 Å². The lowest BCUT2D eigenvalue weighted by atomic mass is 10.2. The monoisotopic (exact) mass is 355 g/mol. The van der Waals surface area contributed by atoms with Crippen molar-refractivity contribution in [2.45, 2.75) is 45.2 Å². The van der Waals surface area contributed by atoms with Crippen molar-refractivity contribution in [3.8, 4) is 0 Å². The molecule has 1 saturated heterocycles. The summed E-state index contributed by atoms with van der Waals surface area (Å²) in [6.07, 6.45) is 6.84. The molecule has 0 saturated carbocycles. The SMILES string of the molecule is Cc1nccn1CCCC(=O)N1CCC[C@H]1c1nc2ccc(F)cc2[nH]1. The van der Waals surface area contributed by atoms with E-state index in [4.69, 9.17) is 0 Å². The third kappa shape index (κ3) is 3.21. The van der Waals surface area contributed by atoms with E-state index in [1.165, 1.54) is 12.1 Å². The van der Waals surface area contributed by atoms with Gasteiger partial charge in [0.25, 0.3) is 0 Å². The van der Waals surface area contributed by atoms with E-state index in [-0.39, 0.29) is 17.8 Å². The van der Waals surface area contributed by atoms with Crippen molar-refractivity contribution >= 4 is 16.9 Å². The molecular weight excluding hydrogens is 333 g/mol. The third-order valence-electron chi connectivity index (χ3n) is 5.06. The summed E-state index contributed by atoms with van der Waals surface area (Å²) in [7, 11) is 0. The number of aryl methyl sites for hydroxylation is 2. The Balaban J connectivity index is 1.43. The first-order chi connectivity index (χ1) is 12.6. The standard InChI is InChI=1S/C19H22FN5O/c1-13-21-8-11-24(13)9-3-5-18(26)25-10-2-4-17(25)19-22-15-7-6-14(20)12-16(15)23-19/h6-8,11-12,17H,2-5,9-10H2,1H3,(H,22,23)/t17-/m0/s1. The Morgan fingerprint density at radius 3 is 3.12 bits per heavy atom. The van der Waals surface area contributed by atoms with Crippen LogP contribution in [0.5, 0.6) is 0 Å². The van der Waals surface area contributed by atoms with Crippen LogP contribution >= 0.6 is 0 Å². The van der Waals surface area contributed by atoms with Crippen LogP contribution in [0.1, 0.15) is 43.4 Å². The summed E-state index contributed by atoms with van der Waals surface area (Å²) < 4.78 is 15.5. The minimum absolute atomic E-state index is 0.0482. The predicted octanol–water partition coefficient (Wildman–Crippen LogP) is 3.35. The molecule has 1 fully saturated rings. The lowest BCUT2D eigenvalue weighted by Crippen LogP contribution is -2.31. The Hall–Kier alpha value is -2.70. The molecule has 0 unspecified atom stereocenters. The fourth-order valence-corrected chi connectivity index (χ4v) is 3.69. The maximum atomic E-state index is 13.4. The molecule has 2 aromatic heterocycles. The maximum absolute atomic E-state index is 13.4. The molecule has 0 aliphatic carbocycles. The second kappa shape index (κ2) is 6.90. The van der Waals surface area contributed by atoms with Gasteiger partial charge >= 0.3 is 0 Å². The molecule has 1 atom stereocenters. The van der Waals surface area contributed by atoms with Gasteiger partial charge in [0.1, 0.15) is 17.5 Å². The van der Waals surface area contributed by atoms with Gasteiger partial charge in [-0.2, -0.15) is 0 Å². The van der Waals surface area contributed by atoms with Crippen LogP contribution in [0.4, 0.5) is 4.39 Å². The number of nitrogens with one attached hydrogen (secondary N) is 1. The van der Waals surface area contributed by atoms with E-state index < -0.39 is 0 Å². The van der Waals surface area contributed by atoms with Crippen molar-refractivity contribution in [1.29, 1.82) is 0 Å². The molecule has 1 N–H and O–H groups in total. The molecule has 1 aromatic carbocycles. The fraction of sp³-hybridized carbons (Fsp3) is 0.421. The zero-order chi connectivity index (χ0) is 18.1. The zero-order valence-corrected chi connectivity index (χ0v) is 14.8. The van der Waals surface area contributed by atoms with Gasteiger partial charge in [-0.25, -0.2) is 14.4 Å². The normalized spacial score (nSPS) is 17.3. The van der Waals surface area contributed by atoms with Crippen molar-refractivity contribution in [3.63, 3.8) is 0 Å². The van der Waals surface area contributed by atoms with Gasteiger partial charge in [-0.15, -0.1) is 0 Å². The van der Waals surface area contributed by atoms with E-state index in [9.17, 15) is 9.18 Å². The summed E-state index contributed by atoms with van der Waals surface area (Å²) >= 11 is 0. The zero-order valence-electron chi connectivity index (χ0n) is 14.8. The Labute approximate surface area is 151 Å². The molecule has 1 aliphatic rings. The molecular formula is C19H22FN5O. The number of rotatable bonds is 5. The number of carbonyl (C=O) groups excluding carboxylic acids is 1. The van der Waals surface area contributed by atoms with Gasteiger partial charge < -0.3 is 14.5 Å². The largest absolute Gasteiger partial charge is 0.340 e. The maximum Gasteiger partial charge on any atom is 0.223 e. The molecule has 136 valence electrons. The van der Waals surface area contributed by atoms with Gasteiger partial charge in [-0.3, -0.25) is 4.79 Å². The number of carbonyl (C=O) groups is 1. The van der Waals surface area contributed by atoms with E-state index >= 15 is 0 Å². The van der Waals surface area contributed by atoms with E-state index in [0.29, 0.717) is 11.9 Å². The average molecular weight is 355 g/mol. The number of fused-ring (bicyclic) bond motifs is 1. The Morgan fingerprint density at radius 1 is 1.42 bits per heavy atom. The summed E-state index contributed by atoms with van der Waals surface area (Å²) in [5.74, 6) is 1.58. The highest BCUT2D eigenvalue weighted by atomic mass is 19.1. The Kier molecular flexibility index (Phi) is 4.44. The quantitative estimate of drug-likeness (QED) is 0.763. The second-order valence-corrected chi connectivity index (χ2v) is 6.80. The molecule has 3 heterocycles. The van der Waals surface area contributed by atoms with Crippen LogP contribution < -0.4 is 0 Å². The number of hydrogen-bond donors (Lipinski definition) is 1. The highest BCUT2D eigenvalue weighted by molar-refractivity contribution is 5.78. The molecule has 1 aliphatic heterocycles. The number of hydrogen-bond acceptors (Lipinski definition) is 3. The highest BCUT2D eigenvalue weighted by Gasteiger charge is 2.31. The number of imidazole rings is 2. The molecule has 26 heavy (non-hydrogen) atoms. The van der Waals surface area contributed by atoms with E-state index in [1.807, 2.05) is 18.0 Å².